The van der Waals surface area contributed by atoms with Crippen LogP contribution < -0.4 is 0 Å². The van der Waals surface area contributed by atoms with Crippen molar-refractivity contribution in [1.29, 1.82) is 0 Å². The SMILES string of the molecule is C.C/C=C/C(C)(C)C.C=CS(=O)(=O)CC(C)C.CC.CC(C)(C)C(=O)Sc1ccccn1. The Morgan fingerprint density at radius 3 is 1.84 bits per heavy atom. The van der Waals surface area contributed by atoms with Crippen LogP contribution in [0.3, 0.4) is 0 Å². The molecule has 0 atom stereocenters. The zero-order valence-corrected chi connectivity index (χ0v) is 23.2. The molecule has 1 aromatic rings. The monoisotopic (exact) mass is 487 g/mol. The minimum Gasteiger partial charge on any atom is -0.286 e. The molecular formula is C26H49NO3S2. The number of allylic oxidation sites excluding steroid dienone is 2. The van der Waals surface area contributed by atoms with Crippen molar-refractivity contribution in [2.45, 2.75) is 88.6 Å². The van der Waals surface area contributed by atoms with E-state index in [1.165, 1.54) is 11.8 Å². The predicted molar refractivity (Wildman–Crippen MR) is 146 cm³/mol. The van der Waals surface area contributed by atoms with Gasteiger partial charge in [0.1, 0.15) is 5.03 Å². The number of carbonyl (C=O) groups is 1. The lowest BCUT2D eigenvalue weighted by molar-refractivity contribution is -0.117. The zero-order chi connectivity index (χ0) is 25.3. The first kappa shape index (κ1) is 37.9. The molecule has 0 fully saturated rings. The molecule has 0 aromatic carbocycles. The van der Waals surface area contributed by atoms with Gasteiger partial charge in [-0.15, -0.1) is 0 Å². The molecule has 0 amide bonds. The summed E-state index contributed by atoms with van der Waals surface area (Å²) < 4.78 is 21.4. The van der Waals surface area contributed by atoms with Gasteiger partial charge in [0.25, 0.3) is 0 Å². The van der Waals surface area contributed by atoms with Crippen LogP contribution in [-0.2, 0) is 14.6 Å². The molecule has 1 rings (SSSR count). The lowest BCUT2D eigenvalue weighted by Gasteiger charge is -2.14. The summed E-state index contributed by atoms with van der Waals surface area (Å²) in [4.78, 5) is 15.6. The molecule has 0 aliphatic carbocycles. The molecule has 0 N–H and O–H groups in total. The molecule has 4 nitrogen and oxygen atoms in total. The van der Waals surface area contributed by atoms with Crippen LogP contribution in [0.15, 0.2) is 53.6 Å². The Kier molecular flexibility index (Phi) is 22.6. The van der Waals surface area contributed by atoms with Crippen LogP contribution >= 0.6 is 11.8 Å². The molecule has 0 aliphatic rings. The summed E-state index contributed by atoms with van der Waals surface area (Å²) in [5.41, 5.74) is 0.0664. The van der Waals surface area contributed by atoms with Crippen LogP contribution in [0.4, 0.5) is 0 Å². The van der Waals surface area contributed by atoms with E-state index < -0.39 is 9.84 Å². The van der Waals surface area contributed by atoms with E-state index in [-0.39, 0.29) is 29.6 Å². The zero-order valence-electron chi connectivity index (χ0n) is 21.5. The summed E-state index contributed by atoms with van der Waals surface area (Å²) in [5.74, 6) is 0.393. The maximum Gasteiger partial charge on any atom is 0.200 e. The highest BCUT2D eigenvalue weighted by Gasteiger charge is 2.22. The second kappa shape index (κ2) is 19.1. The number of carbonyl (C=O) groups excluding carboxylic acids is 1. The molecule has 0 bridgehead atoms. The Hall–Kier alpha value is -1.40. The fourth-order valence-corrected chi connectivity index (χ4v) is 3.51. The predicted octanol–water partition coefficient (Wildman–Crippen LogP) is 8.22. The van der Waals surface area contributed by atoms with Crippen molar-refractivity contribution in [2.75, 3.05) is 5.75 Å². The molecule has 0 spiro atoms. The maximum absolute atomic E-state index is 11.6. The summed E-state index contributed by atoms with van der Waals surface area (Å²) in [5, 5.41) is 1.92. The summed E-state index contributed by atoms with van der Waals surface area (Å²) in [7, 11) is -2.95. The van der Waals surface area contributed by atoms with E-state index >= 15 is 0 Å². The van der Waals surface area contributed by atoms with Crippen LogP contribution in [-0.4, -0.2) is 24.3 Å². The van der Waals surface area contributed by atoms with Crippen LogP contribution in [0, 0.1) is 16.7 Å². The fraction of sp³-hybridized carbons (Fsp3) is 0.615. The molecule has 6 heteroatoms. The average molecular weight is 488 g/mol. The van der Waals surface area contributed by atoms with E-state index in [2.05, 4.69) is 44.5 Å². The number of rotatable bonds is 4. The Labute approximate surface area is 204 Å². The van der Waals surface area contributed by atoms with Crippen molar-refractivity contribution in [3.8, 4) is 0 Å². The van der Waals surface area contributed by atoms with E-state index in [0.29, 0.717) is 5.41 Å². The van der Waals surface area contributed by atoms with E-state index in [0.717, 1.165) is 10.4 Å². The number of hydrogen-bond acceptors (Lipinski definition) is 5. The van der Waals surface area contributed by atoms with Gasteiger partial charge in [-0.25, -0.2) is 13.4 Å². The molecule has 1 aromatic heterocycles. The normalized spacial score (nSPS) is 11.0. The number of nitrogens with zero attached hydrogens (tertiary/aromatic N) is 1. The van der Waals surface area contributed by atoms with Gasteiger partial charge in [-0.1, -0.05) is 101 Å². The summed E-state index contributed by atoms with van der Waals surface area (Å²) in [6.07, 6.45) is 5.96. The molecule has 32 heavy (non-hydrogen) atoms. The maximum atomic E-state index is 11.6. The number of hydrogen-bond donors (Lipinski definition) is 0. The third-order valence-electron chi connectivity index (χ3n) is 2.93. The van der Waals surface area contributed by atoms with Crippen LogP contribution in [0.1, 0.15) is 83.6 Å². The van der Waals surface area contributed by atoms with Gasteiger partial charge in [0.05, 0.1) is 5.75 Å². The highest BCUT2D eigenvalue weighted by atomic mass is 32.2. The smallest absolute Gasteiger partial charge is 0.200 e. The molecule has 0 radical (unpaired) electrons. The Balaban J connectivity index is -0.000000183. The van der Waals surface area contributed by atoms with E-state index in [1.54, 1.807) is 6.20 Å². The van der Waals surface area contributed by atoms with Gasteiger partial charge in [0.2, 0.25) is 0 Å². The highest BCUT2D eigenvalue weighted by Crippen LogP contribution is 2.27. The topological polar surface area (TPSA) is 64.1 Å². The molecule has 0 saturated carbocycles. The van der Waals surface area contributed by atoms with E-state index in [9.17, 15) is 13.2 Å². The largest absolute Gasteiger partial charge is 0.286 e. The fourth-order valence-electron chi connectivity index (χ4n) is 1.69. The summed E-state index contributed by atoms with van der Waals surface area (Å²) in [6, 6.07) is 5.56. The van der Waals surface area contributed by atoms with Crippen molar-refractivity contribution in [3.63, 3.8) is 0 Å². The Morgan fingerprint density at radius 2 is 1.62 bits per heavy atom. The van der Waals surface area contributed by atoms with Crippen molar-refractivity contribution in [2.24, 2.45) is 16.7 Å². The van der Waals surface area contributed by atoms with Crippen molar-refractivity contribution in [1.82, 2.24) is 4.98 Å². The third kappa shape index (κ3) is 26.6. The molecular weight excluding hydrogens is 438 g/mol. The molecule has 0 saturated heterocycles. The number of thioether (sulfide) groups is 1. The van der Waals surface area contributed by atoms with Gasteiger partial charge in [-0.2, -0.15) is 0 Å². The minimum absolute atomic E-state index is 0. The van der Waals surface area contributed by atoms with Crippen LogP contribution in [0.2, 0.25) is 0 Å². The van der Waals surface area contributed by atoms with Gasteiger partial charge in [0.15, 0.2) is 15.0 Å². The highest BCUT2D eigenvalue weighted by molar-refractivity contribution is 8.13. The molecule has 188 valence electrons. The molecule has 0 aliphatic heterocycles. The second-order valence-corrected chi connectivity index (χ2v) is 12.0. The molecule has 1 heterocycles. The summed E-state index contributed by atoms with van der Waals surface area (Å²) in [6.45, 7) is 25.3. The van der Waals surface area contributed by atoms with Crippen LogP contribution in [0.5, 0.6) is 0 Å². The second-order valence-electron chi connectivity index (χ2n) is 9.06. The number of pyridine rings is 1. The van der Waals surface area contributed by atoms with E-state index in [4.69, 9.17) is 0 Å². The van der Waals surface area contributed by atoms with Gasteiger partial charge < -0.3 is 0 Å². The van der Waals surface area contributed by atoms with Gasteiger partial charge in [-0.3, -0.25) is 4.79 Å². The van der Waals surface area contributed by atoms with E-state index in [1.807, 2.05) is 73.6 Å². The standard InChI is InChI=1S/C10H13NOS.C7H14.C6H12O2S.C2H6.CH4/c1-10(2,3)9(12)13-8-6-4-5-7-11-8;1-5-6-7(2,3)4;1-4-9(7,8)5-6(2)3;1-2;/h4-7H,1-3H3;5-6H,1-4H3;4,6H,1,5H2,2-3H3;1-2H3;1H4/b;6-5+;;;. The van der Waals surface area contributed by atoms with Gasteiger partial charge in [-0.05, 0) is 42.2 Å². The first-order valence-corrected chi connectivity index (χ1v) is 13.2. The lowest BCUT2D eigenvalue weighted by atomic mass is 9.97. The average Bonchev–Trinajstić information content (AvgIpc) is 2.62. The van der Waals surface area contributed by atoms with Crippen LogP contribution in [0.25, 0.3) is 0 Å². The first-order chi connectivity index (χ1) is 14.0. The summed E-state index contributed by atoms with van der Waals surface area (Å²) >= 11 is 1.20. The minimum atomic E-state index is -2.95. The third-order valence-corrected chi connectivity index (χ3v) is 5.82. The van der Waals surface area contributed by atoms with Crippen molar-refractivity contribution < 1.29 is 13.2 Å². The number of aromatic nitrogens is 1. The van der Waals surface area contributed by atoms with Crippen molar-refractivity contribution in [3.05, 3.63) is 48.5 Å². The molecule has 0 unspecified atom stereocenters. The first-order valence-electron chi connectivity index (χ1n) is 10.7. The van der Waals surface area contributed by atoms with Crippen molar-refractivity contribution >= 4 is 26.7 Å². The lowest BCUT2D eigenvalue weighted by Crippen LogP contribution is -2.16. The quantitative estimate of drug-likeness (QED) is 0.316. The Bertz CT molecular complexity index is 725. The van der Waals surface area contributed by atoms with Gasteiger partial charge in [0, 0.05) is 17.0 Å². The number of sulfone groups is 1. The van der Waals surface area contributed by atoms with Gasteiger partial charge >= 0.3 is 0 Å². The Morgan fingerprint density at radius 1 is 1.12 bits per heavy atom.